The molecule has 0 saturated heterocycles. The van der Waals surface area contributed by atoms with Crippen molar-refractivity contribution in [2.75, 3.05) is 7.05 Å². The summed E-state index contributed by atoms with van der Waals surface area (Å²) in [6, 6.07) is 0. The molecule has 1 heterocycles. The summed E-state index contributed by atoms with van der Waals surface area (Å²) in [5.41, 5.74) is 4.18. The summed E-state index contributed by atoms with van der Waals surface area (Å²) in [5.74, 6) is 0. The van der Waals surface area contributed by atoms with Crippen LogP contribution in [-0.4, -0.2) is 17.9 Å². The van der Waals surface area contributed by atoms with Gasteiger partial charge < -0.3 is 5.32 Å². The highest BCUT2D eigenvalue weighted by Crippen LogP contribution is 2.08. The maximum atomic E-state index is 10.2. The highest BCUT2D eigenvalue weighted by molar-refractivity contribution is 5.47. The summed E-state index contributed by atoms with van der Waals surface area (Å²) in [5, 5.41) is 3.06. The van der Waals surface area contributed by atoms with Gasteiger partial charge in [-0.1, -0.05) is 32.4 Å². The Hall–Kier alpha value is -2.62. The molecule has 0 aliphatic heterocycles. The van der Waals surface area contributed by atoms with Gasteiger partial charge in [-0.15, -0.1) is 0 Å². The molecule has 0 aliphatic carbocycles. The first-order valence-corrected chi connectivity index (χ1v) is 6.91. The van der Waals surface area contributed by atoms with E-state index in [1.54, 1.807) is 27.7 Å². The third kappa shape index (κ3) is 5.79. The molecule has 0 spiro atoms. The maximum absolute atomic E-state index is 10.2. The fourth-order valence-electron chi connectivity index (χ4n) is 1.84. The number of carbonyl (C=O) groups excluding carboxylic acids is 1. The molecule has 0 bridgehead atoms. The van der Waals surface area contributed by atoms with E-state index in [-0.39, 0.29) is 0 Å². The summed E-state index contributed by atoms with van der Waals surface area (Å²) in [4.78, 5) is 10.2. The van der Waals surface area contributed by atoms with Gasteiger partial charge >= 0.3 is 0 Å². The monoisotopic (exact) mass is 300 g/mol. The smallest absolute Gasteiger partial charge is 0.249 e. The van der Waals surface area contributed by atoms with Crippen molar-refractivity contribution in [3.8, 4) is 0 Å². The molecule has 22 heavy (non-hydrogen) atoms. The lowest BCUT2D eigenvalue weighted by molar-refractivity contribution is -0.682. The minimum Gasteiger partial charge on any atom is -0.388 e. The summed E-state index contributed by atoms with van der Waals surface area (Å²) in [7, 11) is 1.89. The molecule has 0 aliphatic rings. The lowest BCUT2D eigenvalue weighted by Crippen LogP contribution is -2.31. The molecule has 0 fully saturated rings. The van der Waals surface area contributed by atoms with Gasteiger partial charge in [0, 0.05) is 12.7 Å². The van der Waals surface area contributed by atoms with Crippen molar-refractivity contribution in [1.82, 2.24) is 9.88 Å². The van der Waals surface area contributed by atoms with Crippen LogP contribution in [0, 0.1) is 0 Å². The summed E-state index contributed by atoms with van der Waals surface area (Å²) < 4.78 is 3.57. The molecule has 4 nitrogen and oxygen atoms in total. The Bertz CT molecular complexity index is 566. The number of rotatable bonds is 7. The van der Waals surface area contributed by atoms with Crippen molar-refractivity contribution in [2.24, 2.45) is 0 Å². The van der Waals surface area contributed by atoms with E-state index in [2.05, 4.69) is 31.6 Å². The summed E-state index contributed by atoms with van der Waals surface area (Å²) in [6.45, 7) is 19.1. The van der Waals surface area contributed by atoms with E-state index >= 15 is 0 Å². The van der Waals surface area contributed by atoms with Crippen LogP contribution in [0.3, 0.4) is 0 Å². The van der Waals surface area contributed by atoms with E-state index in [9.17, 15) is 4.79 Å². The third-order valence-electron chi connectivity index (χ3n) is 2.94. The van der Waals surface area contributed by atoms with Crippen LogP contribution in [0.5, 0.6) is 0 Å². The lowest BCUT2D eigenvalue weighted by Gasteiger charge is -2.07. The highest BCUT2D eigenvalue weighted by Gasteiger charge is 2.06. The molecule has 118 valence electrons. The van der Waals surface area contributed by atoms with Crippen LogP contribution in [0.4, 0.5) is 0 Å². The zero-order valence-corrected chi connectivity index (χ0v) is 13.8. The number of nitrogens with zero attached hydrogens (tertiary/aromatic N) is 2. The molecule has 0 amide bonds. The van der Waals surface area contributed by atoms with E-state index < -0.39 is 0 Å². The van der Waals surface area contributed by atoms with Crippen molar-refractivity contribution >= 4 is 18.6 Å². The zero-order chi connectivity index (χ0) is 17.1. The number of aldehydes is 1. The van der Waals surface area contributed by atoms with Crippen LogP contribution >= 0.6 is 0 Å². The molecule has 0 aromatic carbocycles. The molecule has 0 atom stereocenters. The van der Waals surface area contributed by atoms with Crippen LogP contribution in [0.1, 0.15) is 19.5 Å². The Morgan fingerprint density at radius 3 is 2.27 bits per heavy atom. The first kappa shape index (κ1) is 19.4. The number of hydrogen-bond donors (Lipinski definition) is 1. The maximum Gasteiger partial charge on any atom is 0.249 e. The summed E-state index contributed by atoms with van der Waals surface area (Å²) in [6.07, 6.45) is 9.67. The van der Waals surface area contributed by atoms with Gasteiger partial charge in [-0.2, -0.15) is 0 Å². The second kappa shape index (κ2) is 10.2. The average Bonchev–Trinajstić information content (AvgIpc) is 2.90. The lowest BCUT2D eigenvalue weighted by atomic mass is 10.1. The van der Waals surface area contributed by atoms with Crippen molar-refractivity contribution in [1.29, 1.82) is 0 Å². The van der Waals surface area contributed by atoms with Crippen molar-refractivity contribution in [2.45, 2.75) is 20.4 Å². The molecular weight excluding hydrogens is 274 g/mol. The predicted molar refractivity (Wildman–Crippen MR) is 93.9 cm³/mol. The Labute approximate surface area is 133 Å². The largest absolute Gasteiger partial charge is 0.388 e. The van der Waals surface area contributed by atoms with E-state index in [1.165, 1.54) is 0 Å². The topological polar surface area (TPSA) is 37.9 Å². The van der Waals surface area contributed by atoms with Crippen LogP contribution in [0.25, 0.3) is 12.3 Å². The number of carbonyl (C=O) groups is 1. The molecular formula is C18H26N3O+. The van der Waals surface area contributed by atoms with Crippen LogP contribution < -0.4 is 9.88 Å². The van der Waals surface area contributed by atoms with E-state index in [0.717, 1.165) is 28.8 Å². The Kier molecular flexibility index (Phi) is 8.95. The molecule has 1 rings (SSSR count). The molecule has 0 unspecified atom stereocenters. The van der Waals surface area contributed by atoms with Gasteiger partial charge in [0.05, 0.1) is 6.20 Å². The molecule has 4 heteroatoms. The second-order valence-corrected chi connectivity index (χ2v) is 4.62. The zero-order valence-electron chi connectivity index (χ0n) is 13.8. The number of hydrogen-bond acceptors (Lipinski definition) is 2. The Balaban J connectivity index is 0.000000409. The molecule has 1 aromatic rings. The van der Waals surface area contributed by atoms with Crippen molar-refractivity contribution in [3.63, 3.8) is 0 Å². The van der Waals surface area contributed by atoms with Gasteiger partial charge in [-0.25, -0.2) is 9.13 Å². The standard InChI is InChI=1S/C9H11N2O.C9H15N/c1-3-9-7-10(5-6-12)8-11(9)4-2;1-6-8(4)9(10-5)7(2)3/h3-4,6-8H,1-2,5H2;6,10H,1-2H2,3-5H3/q+1;/b;9-8+. The van der Waals surface area contributed by atoms with Gasteiger partial charge in [0.2, 0.25) is 6.33 Å². The number of allylic oxidation sites excluding steroid dienone is 3. The number of nitrogens with one attached hydrogen (secondary N) is 1. The quantitative estimate of drug-likeness (QED) is 0.477. The fourth-order valence-corrected chi connectivity index (χ4v) is 1.84. The van der Waals surface area contributed by atoms with Gasteiger partial charge in [-0.05, 0) is 31.1 Å². The number of aromatic nitrogens is 2. The Morgan fingerprint density at radius 2 is 2.00 bits per heavy atom. The second-order valence-electron chi connectivity index (χ2n) is 4.62. The molecule has 0 saturated carbocycles. The molecule has 0 radical (unpaired) electrons. The predicted octanol–water partition coefficient (Wildman–Crippen LogP) is 2.96. The highest BCUT2D eigenvalue weighted by atomic mass is 16.1. The Morgan fingerprint density at radius 1 is 1.36 bits per heavy atom. The first-order chi connectivity index (χ1) is 10.4. The van der Waals surface area contributed by atoms with Crippen molar-refractivity contribution < 1.29 is 9.36 Å². The minimum atomic E-state index is 0.363. The third-order valence-corrected chi connectivity index (χ3v) is 2.94. The van der Waals surface area contributed by atoms with E-state index in [1.807, 2.05) is 33.2 Å². The first-order valence-electron chi connectivity index (χ1n) is 6.91. The molecule has 1 N–H and O–H groups in total. The van der Waals surface area contributed by atoms with Crippen LogP contribution in [-0.2, 0) is 11.3 Å². The minimum absolute atomic E-state index is 0.363. The van der Waals surface area contributed by atoms with E-state index in [0.29, 0.717) is 6.54 Å². The van der Waals surface area contributed by atoms with E-state index in [4.69, 9.17) is 0 Å². The average molecular weight is 300 g/mol. The number of imidazole rings is 1. The van der Waals surface area contributed by atoms with Crippen molar-refractivity contribution in [3.05, 3.63) is 67.5 Å². The van der Waals surface area contributed by atoms with Crippen LogP contribution in [0.15, 0.2) is 61.8 Å². The molecule has 1 aromatic heterocycles. The fraction of sp³-hybridized carbons (Fsp3) is 0.222. The number of likely N-dealkylation sites (N-methyl/N-ethyl adjacent to an activating group) is 1. The SMILES string of the molecule is C=C/C(C)=C(/NC)C(=C)C.C=Cc1c[n+](CC=O)cn1C=C. The van der Waals surface area contributed by atoms with Gasteiger partial charge in [-0.3, -0.25) is 4.79 Å². The summed E-state index contributed by atoms with van der Waals surface area (Å²) >= 11 is 0. The normalized spacial score (nSPS) is 10.5. The van der Waals surface area contributed by atoms with Crippen LogP contribution in [0.2, 0.25) is 0 Å². The van der Waals surface area contributed by atoms with Gasteiger partial charge in [0.25, 0.3) is 0 Å². The van der Waals surface area contributed by atoms with Gasteiger partial charge in [0.1, 0.15) is 12.7 Å². The van der Waals surface area contributed by atoms with Gasteiger partial charge in [0.15, 0.2) is 12.0 Å².